The van der Waals surface area contributed by atoms with Gasteiger partial charge < -0.3 is 4.90 Å². The summed E-state index contributed by atoms with van der Waals surface area (Å²) in [6, 6.07) is 6.23. The standard InChI is InChI=1S/C19H22N4OS/c1-4-23-18-15(11-20-23)14(10-16(21-18)17-6-5-9-25-17)19(24)22(3)12(2)13-7-8-13/h5-6,9-13H,4,7-8H2,1-3H3. The van der Waals surface area contributed by atoms with E-state index in [9.17, 15) is 4.79 Å². The summed E-state index contributed by atoms with van der Waals surface area (Å²) in [5.41, 5.74) is 2.32. The molecule has 1 fully saturated rings. The average molecular weight is 354 g/mol. The molecular weight excluding hydrogens is 332 g/mol. The van der Waals surface area contributed by atoms with E-state index >= 15 is 0 Å². The number of carbonyl (C=O) groups excluding carboxylic acids is 1. The van der Waals surface area contributed by atoms with Gasteiger partial charge in [-0.25, -0.2) is 9.67 Å². The van der Waals surface area contributed by atoms with Crippen LogP contribution in [-0.2, 0) is 6.54 Å². The second-order valence-corrected chi connectivity index (χ2v) is 7.67. The van der Waals surface area contributed by atoms with E-state index in [4.69, 9.17) is 4.98 Å². The van der Waals surface area contributed by atoms with Crippen LogP contribution in [0.1, 0.15) is 37.0 Å². The lowest BCUT2D eigenvalue weighted by molar-refractivity contribution is 0.0729. The molecule has 3 aromatic heterocycles. The number of thiophene rings is 1. The van der Waals surface area contributed by atoms with Crippen molar-refractivity contribution in [3.05, 3.63) is 35.3 Å². The molecule has 1 amide bonds. The number of hydrogen-bond acceptors (Lipinski definition) is 4. The highest BCUT2D eigenvalue weighted by Crippen LogP contribution is 2.36. The Balaban J connectivity index is 1.83. The third-order valence-electron chi connectivity index (χ3n) is 5.15. The molecule has 1 unspecified atom stereocenters. The molecule has 0 aromatic carbocycles. The van der Waals surface area contributed by atoms with Gasteiger partial charge in [-0.2, -0.15) is 5.10 Å². The molecule has 1 saturated carbocycles. The van der Waals surface area contributed by atoms with Crippen molar-refractivity contribution in [3.8, 4) is 10.6 Å². The fourth-order valence-corrected chi connectivity index (χ4v) is 3.96. The largest absolute Gasteiger partial charge is 0.339 e. The lowest BCUT2D eigenvalue weighted by Gasteiger charge is -2.25. The maximum absolute atomic E-state index is 13.2. The maximum Gasteiger partial charge on any atom is 0.254 e. The molecule has 1 atom stereocenters. The van der Waals surface area contributed by atoms with Crippen LogP contribution in [-0.4, -0.2) is 38.7 Å². The number of aryl methyl sites for hydroxylation is 1. The first-order valence-corrected chi connectivity index (χ1v) is 9.65. The summed E-state index contributed by atoms with van der Waals surface area (Å²) < 4.78 is 1.85. The molecule has 130 valence electrons. The van der Waals surface area contributed by atoms with E-state index in [0.29, 0.717) is 11.5 Å². The van der Waals surface area contributed by atoms with Crippen LogP contribution in [0.15, 0.2) is 29.8 Å². The van der Waals surface area contributed by atoms with Gasteiger partial charge in [0.25, 0.3) is 5.91 Å². The van der Waals surface area contributed by atoms with E-state index in [1.165, 1.54) is 12.8 Å². The minimum Gasteiger partial charge on any atom is -0.339 e. The molecular formula is C19H22N4OS. The Morgan fingerprint density at radius 2 is 2.28 bits per heavy atom. The molecule has 3 heterocycles. The lowest BCUT2D eigenvalue weighted by atomic mass is 10.1. The Bertz CT molecular complexity index is 911. The first kappa shape index (κ1) is 16.3. The summed E-state index contributed by atoms with van der Waals surface area (Å²) >= 11 is 1.63. The van der Waals surface area contributed by atoms with Gasteiger partial charge in [0.15, 0.2) is 5.65 Å². The quantitative estimate of drug-likeness (QED) is 0.694. The minimum atomic E-state index is 0.0558. The first-order valence-electron chi connectivity index (χ1n) is 8.77. The van der Waals surface area contributed by atoms with Crippen molar-refractivity contribution in [2.24, 2.45) is 5.92 Å². The fraction of sp³-hybridized carbons (Fsp3) is 0.421. The number of fused-ring (bicyclic) bond motifs is 1. The fourth-order valence-electron chi connectivity index (χ4n) is 3.28. The zero-order chi connectivity index (χ0) is 17.6. The molecule has 5 nitrogen and oxygen atoms in total. The molecule has 6 heteroatoms. The van der Waals surface area contributed by atoms with E-state index < -0.39 is 0 Å². The molecule has 0 radical (unpaired) electrons. The number of aromatic nitrogens is 3. The zero-order valence-electron chi connectivity index (χ0n) is 14.8. The van der Waals surface area contributed by atoms with E-state index in [2.05, 4.69) is 12.0 Å². The molecule has 0 saturated heterocycles. The molecule has 0 bridgehead atoms. The van der Waals surface area contributed by atoms with Crippen molar-refractivity contribution >= 4 is 28.3 Å². The van der Waals surface area contributed by atoms with Gasteiger partial charge in [0, 0.05) is 19.6 Å². The molecule has 1 aliphatic carbocycles. The second kappa shape index (κ2) is 6.26. The van der Waals surface area contributed by atoms with Crippen molar-refractivity contribution in [1.29, 1.82) is 0 Å². The summed E-state index contributed by atoms with van der Waals surface area (Å²) in [4.78, 5) is 20.9. The summed E-state index contributed by atoms with van der Waals surface area (Å²) in [7, 11) is 1.91. The predicted octanol–water partition coefficient (Wildman–Crippen LogP) is 4.05. The molecule has 1 aliphatic rings. The topological polar surface area (TPSA) is 51.0 Å². The van der Waals surface area contributed by atoms with Crippen molar-refractivity contribution in [2.45, 2.75) is 39.3 Å². The Morgan fingerprint density at radius 1 is 1.48 bits per heavy atom. The van der Waals surface area contributed by atoms with Gasteiger partial charge in [0.1, 0.15) is 0 Å². The minimum absolute atomic E-state index is 0.0558. The monoisotopic (exact) mass is 354 g/mol. The van der Waals surface area contributed by atoms with Gasteiger partial charge in [0.05, 0.1) is 27.7 Å². The van der Waals surface area contributed by atoms with Crippen LogP contribution in [0.5, 0.6) is 0 Å². The number of rotatable bonds is 5. The molecule has 0 aliphatic heterocycles. The Labute approximate surface area is 151 Å². The Morgan fingerprint density at radius 3 is 2.92 bits per heavy atom. The third-order valence-corrected chi connectivity index (χ3v) is 6.04. The summed E-state index contributed by atoms with van der Waals surface area (Å²) in [6.07, 6.45) is 4.21. The highest BCUT2D eigenvalue weighted by atomic mass is 32.1. The van der Waals surface area contributed by atoms with Crippen LogP contribution in [0.4, 0.5) is 0 Å². The molecule has 4 rings (SSSR count). The third kappa shape index (κ3) is 2.84. The van der Waals surface area contributed by atoms with Gasteiger partial charge in [0.2, 0.25) is 0 Å². The second-order valence-electron chi connectivity index (χ2n) is 6.72. The van der Waals surface area contributed by atoms with Crippen molar-refractivity contribution in [2.75, 3.05) is 7.05 Å². The lowest BCUT2D eigenvalue weighted by Crippen LogP contribution is -2.36. The average Bonchev–Trinajstić information content (AvgIpc) is 3.17. The van der Waals surface area contributed by atoms with Crippen LogP contribution in [0.25, 0.3) is 21.6 Å². The van der Waals surface area contributed by atoms with Gasteiger partial charge in [-0.3, -0.25) is 4.79 Å². The van der Waals surface area contributed by atoms with Crippen LogP contribution in [0.3, 0.4) is 0 Å². The van der Waals surface area contributed by atoms with E-state index in [1.54, 1.807) is 17.5 Å². The number of pyridine rings is 1. The molecule has 0 N–H and O–H groups in total. The highest BCUT2D eigenvalue weighted by Gasteiger charge is 2.33. The van der Waals surface area contributed by atoms with Crippen molar-refractivity contribution < 1.29 is 4.79 Å². The molecule has 3 aromatic rings. The van der Waals surface area contributed by atoms with Crippen LogP contribution >= 0.6 is 11.3 Å². The maximum atomic E-state index is 13.2. The van der Waals surface area contributed by atoms with Crippen molar-refractivity contribution in [3.63, 3.8) is 0 Å². The van der Waals surface area contributed by atoms with E-state index in [1.807, 2.05) is 47.1 Å². The number of carbonyl (C=O) groups is 1. The van der Waals surface area contributed by atoms with Crippen molar-refractivity contribution in [1.82, 2.24) is 19.7 Å². The summed E-state index contributed by atoms with van der Waals surface area (Å²) in [6.45, 7) is 4.91. The van der Waals surface area contributed by atoms with Crippen LogP contribution in [0.2, 0.25) is 0 Å². The number of hydrogen-bond donors (Lipinski definition) is 0. The van der Waals surface area contributed by atoms with Gasteiger partial charge in [-0.15, -0.1) is 11.3 Å². The highest BCUT2D eigenvalue weighted by molar-refractivity contribution is 7.13. The predicted molar refractivity (Wildman–Crippen MR) is 101 cm³/mol. The van der Waals surface area contributed by atoms with E-state index in [0.717, 1.165) is 28.1 Å². The van der Waals surface area contributed by atoms with Crippen LogP contribution < -0.4 is 0 Å². The van der Waals surface area contributed by atoms with Gasteiger partial charge in [-0.1, -0.05) is 6.07 Å². The van der Waals surface area contributed by atoms with Gasteiger partial charge >= 0.3 is 0 Å². The molecule has 0 spiro atoms. The first-order chi connectivity index (χ1) is 12.1. The summed E-state index contributed by atoms with van der Waals surface area (Å²) in [5, 5.41) is 7.28. The van der Waals surface area contributed by atoms with E-state index in [-0.39, 0.29) is 11.9 Å². The zero-order valence-corrected chi connectivity index (χ0v) is 15.6. The Hall–Kier alpha value is -2.21. The Kier molecular flexibility index (Phi) is 4.07. The van der Waals surface area contributed by atoms with Gasteiger partial charge in [-0.05, 0) is 50.1 Å². The van der Waals surface area contributed by atoms with Crippen LogP contribution in [0, 0.1) is 5.92 Å². The smallest absolute Gasteiger partial charge is 0.254 e. The number of amides is 1. The summed E-state index contributed by atoms with van der Waals surface area (Å²) in [5.74, 6) is 0.696. The molecule has 25 heavy (non-hydrogen) atoms. The normalized spacial score (nSPS) is 15.5. The SMILES string of the molecule is CCn1ncc2c(C(=O)N(C)C(C)C3CC3)cc(-c3cccs3)nc21. The number of nitrogens with zero attached hydrogens (tertiary/aromatic N) is 4.